The molecule has 2 amide bonds. The van der Waals surface area contributed by atoms with Crippen LogP contribution in [0.2, 0.25) is 0 Å². The van der Waals surface area contributed by atoms with Crippen molar-refractivity contribution >= 4 is 55.9 Å². The number of amides is 2. The van der Waals surface area contributed by atoms with Crippen molar-refractivity contribution in [2.75, 3.05) is 23.4 Å². The van der Waals surface area contributed by atoms with E-state index in [9.17, 15) is 14.4 Å². The lowest BCUT2D eigenvalue weighted by Crippen LogP contribution is -2.28. The highest BCUT2D eigenvalue weighted by Crippen LogP contribution is 2.32. The third kappa shape index (κ3) is 5.81. The van der Waals surface area contributed by atoms with E-state index in [2.05, 4.69) is 21.2 Å². The number of nitrogens with one attached hydrogen (secondary N) is 1. The van der Waals surface area contributed by atoms with Crippen LogP contribution in [0.15, 0.2) is 83.3 Å². The number of carbonyl (C=O) groups is 3. The van der Waals surface area contributed by atoms with Gasteiger partial charge in [-0.15, -0.1) is 0 Å². The van der Waals surface area contributed by atoms with Crippen LogP contribution < -0.4 is 15.0 Å². The minimum Gasteiger partial charge on any atom is -0.457 e. The van der Waals surface area contributed by atoms with Crippen LogP contribution >= 0.6 is 15.9 Å². The molecule has 0 bridgehead atoms. The average Bonchev–Trinajstić information content (AvgIpc) is 3.34. The molecule has 1 atom stereocenters. The highest BCUT2D eigenvalue weighted by atomic mass is 79.9. The minimum absolute atomic E-state index is 0.0275. The maximum Gasteiger partial charge on any atom is 0.311 e. The van der Waals surface area contributed by atoms with Crippen molar-refractivity contribution < 1.29 is 23.9 Å². The molecule has 4 aromatic rings. The molecule has 198 valence electrons. The fourth-order valence-electron chi connectivity index (χ4n) is 4.58. The van der Waals surface area contributed by atoms with Gasteiger partial charge >= 0.3 is 5.97 Å². The lowest BCUT2D eigenvalue weighted by molar-refractivity contribution is -0.151. The summed E-state index contributed by atoms with van der Waals surface area (Å²) in [6.07, 6.45) is 0.0275. The molecule has 1 heterocycles. The zero-order chi connectivity index (χ0) is 27.5. The van der Waals surface area contributed by atoms with Gasteiger partial charge in [-0.05, 0) is 72.8 Å². The first-order valence-corrected chi connectivity index (χ1v) is 13.4. The molecule has 0 spiro atoms. The molecule has 39 heavy (non-hydrogen) atoms. The summed E-state index contributed by atoms with van der Waals surface area (Å²) in [5.74, 6) is -0.439. The SMILES string of the molecule is Cc1c(Br)ccc(NC(=O)COC(=O)[C@H]2CC(=O)N(c3ccc(Oc4cccc5ccccc45)cc3)C2)c1C. The molecule has 8 heteroatoms. The third-order valence-corrected chi connectivity index (χ3v) is 7.78. The standard InChI is InChI=1S/C31H27BrN2O5/c1-19-20(2)27(15-14-26(19)32)33-29(35)18-38-31(37)22-16-30(36)34(17-22)23-10-12-24(13-11-23)39-28-9-5-7-21-6-3-4-8-25(21)28/h3-15,22H,16-18H2,1-2H3,(H,33,35)/t22-/m0/s1. The van der Waals surface area contributed by atoms with Gasteiger partial charge in [0.1, 0.15) is 11.5 Å². The summed E-state index contributed by atoms with van der Waals surface area (Å²) in [7, 11) is 0. The lowest BCUT2D eigenvalue weighted by atomic mass is 10.1. The molecule has 1 N–H and O–H groups in total. The van der Waals surface area contributed by atoms with Gasteiger partial charge < -0.3 is 19.7 Å². The van der Waals surface area contributed by atoms with Crippen molar-refractivity contribution in [2.24, 2.45) is 5.92 Å². The Labute approximate surface area is 234 Å². The highest BCUT2D eigenvalue weighted by Gasteiger charge is 2.36. The highest BCUT2D eigenvalue weighted by molar-refractivity contribution is 9.10. The van der Waals surface area contributed by atoms with Crippen LogP contribution in [0.1, 0.15) is 17.5 Å². The van der Waals surface area contributed by atoms with Crippen molar-refractivity contribution in [3.05, 3.63) is 94.5 Å². The number of ether oxygens (including phenoxy) is 2. The third-order valence-electron chi connectivity index (χ3n) is 6.92. The number of anilines is 2. The second-order valence-corrected chi connectivity index (χ2v) is 10.3. The minimum atomic E-state index is -0.645. The molecule has 1 aliphatic heterocycles. The number of carbonyl (C=O) groups excluding carboxylic acids is 3. The van der Waals surface area contributed by atoms with Crippen LogP contribution in [0.4, 0.5) is 11.4 Å². The Morgan fingerprint density at radius 2 is 1.69 bits per heavy atom. The molecule has 7 nitrogen and oxygen atoms in total. The quantitative estimate of drug-likeness (QED) is 0.248. The van der Waals surface area contributed by atoms with Gasteiger partial charge in [-0.3, -0.25) is 14.4 Å². The van der Waals surface area contributed by atoms with E-state index in [0.717, 1.165) is 32.1 Å². The van der Waals surface area contributed by atoms with Crippen LogP contribution in [0.3, 0.4) is 0 Å². The second kappa shape index (κ2) is 11.3. The summed E-state index contributed by atoms with van der Waals surface area (Å²) in [4.78, 5) is 39.3. The van der Waals surface area contributed by atoms with Gasteiger partial charge in [-0.2, -0.15) is 0 Å². The van der Waals surface area contributed by atoms with E-state index in [4.69, 9.17) is 9.47 Å². The molecule has 1 fully saturated rings. The zero-order valence-corrected chi connectivity index (χ0v) is 23.2. The molecule has 0 aromatic heterocycles. The Morgan fingerprint density at radius 1 is 0.949 bits per heavy atom. The van der Waals surface area contributed by atoms with Gasteiger partial charge in [-0.1, -0.05) is 52.3 Å². The van der Waals surface area contributed by atoms with Crippen LogP contribution in [0.25, 0.3) is 10.8 Å². The average molecular weight is 587 g/mol. The van der Waals surface area contributed by atoms with Gasteiger partial charge in [0, 0.05) is 34.2 Å². The summed E-state index contributed by atoms with van der Waals surface area (Å²) in [5.41, 5.74) is 3.27. The van der Waals surface area contributed by atoms with Gasteiger partial charge in [0.05, 0.1) is 5.92 Å². The molecule has 0 unspecified atom stereocenters. The first kappa shape index (κ1) is 26.4. The van der Waals surface area contributed by atoms with Crippen LogP contribution in [0.5, 0.6) is 11.5 Å². The summed E-state index contributed by atoms with van der Waals surface area (Å²) >= 11 is 3.47. The normalized spacial score (nSPS) is 14.9. The first-order chi connectivity index (χ1) is 18.8. The second-order valence-electron chi connectivity index (χ2n) is 9.48. The van der Waals surface area contributed by atoms with E-state index >= 15 is 0 Å². The zero-order valence-electron chi connectivity index (χ0n) is 21.6. The van der Waals surface area contributed by atoms with Crippen molar-refractivity contribution in [1.82, 2.24) is 0 Å². The fraction of sp³-hybridized carbons (Fsp3) is 0.194. The van der Waals surface area contributed by atoms with E-state index in [0.29, 0.717) is 17.1 Å². The molecular formula is C31H27BrN2O5. The number of benzene rings is 4. The number of hydrogen-bond donors (Lipinski definition) is 1. The molecular weight excluding hydrogens is 560 g/mol. The molecule has 1 aliphatic rings. The summed E-state index contributed by atoms with van der Waals surface area (Å²) in [6.45, 7) is 3.62. The van der Waals surface area contributed by atoms with Gasteiger partial charge in [0.2, 0.25) is 5.91 Å². The maximum absolute atomic E-state index is 12.7. The predicted molar refractivity (Wildman–Crippen MR) is 154 cm³/mol. The van der Waals surface area contributed by atoms with Gasteiger partial charge in [0.15, 0.2) is 6.61 Å². The van der Waals surface area contributed by atoms with Crippen molar-refractivity contribution in [1.29, 1.82) is 0 Å². The molecule has 0 aliphatic carbocycles. The van der Waals surface area contributed by atoms with E-state index < -0.39 is 24.4 Å². The summed E-state index contributed by atoms with van der Waals surface area (Å²) in [5, 5.41) is 4.87. The predicted octanol–water partition coefficient (Wildman–Crippen LogP) is 6.55. The van der Waals surface area contributed by atoms with Crippen molar-refractivity contribution in [3.8, 4) is 11.5 Å². The lowest BCUT2D eigenvalue weighted by Gasteiger charge is -2.17. The molecule has 1 saturated heterocycles. The van der Waals surface area contributed by atoms with E-state index in [1.54, 1.807) is 35.2 Å². The van der Waals surface area contributed by atoms with Crippen LogP contribution in [0, 0.1) is 19.8 Å². The Hall–Kier alpha value is -4.17. The molecule has 4 aromatic carbocycles. The largest absolute Gasteiger partial charge is 0.457 e. The van der Waals surface area contributed by atoms with Crippen molar-refractivity contribution in [2.45, 2.75) is 20.3 Å². The number of fused-ring (bicyclic) bond motifs is 1. The van der Waals surface area contributed by atoms with E-state index in [1.807, 2.05) is 62.4 Å². The van der Waals surface area contributed by atoms with E-state index in [-0.39, 0.29) is 18.9 Å². The summed E-state index contributed by atoms with van der Waals surface area (Å²) in [6, 6.07) is 24.7. The van der Waals surface area contributed by atoms with E-state index in [1.165, 1.54) is 0 Å². The first-order valence-electron chi connectivity index (χ1n) is 12.6. The Kier molecular flexibility index (Phi) is 7.65. The molecule has 5 rings (SSSR count). The Bertz CT molecular complexity index is 1560. The summed E-state index contributed by atoms with van der Waals surface area (Å²) < 4.78 is 12.3. The van der Waals surface area contributed by atoms with Gasteiger partial charge in [-0.25, -0.2) is 0 Å². The topological polar surface area (TPSA) is 84.9 Å². The number of rotatable bonds is 7. The Balaban J connectivity index is 1.17. The smallest absolute Gasteiger partial charge is 0.311 e. The monoisotopic (exact) mass is 586 g/mol. The molecule has 0 saturated carbocycles. The van der Waals surface area contributed by atoms with Gasteiger partial charge in [0.25, 0.3) is 5.91 Å². The molecule has 0 radical (unpaired) electrons. The van der Waals surface area contributed by atoms with Crippen molar-refractivity contribution in [3.63, 3.8) is 0 Å². The van der Waals surface area contributed by atoms with Crippen LogP contribution in [-0.4, -0.2) is 30.9 Å². The number of nitrogens with zero attached hydrogens (tertiary/aromatic N) is 1. The Morgan fingerprint density at radius 3 is 2.49 bits per heavy atom. The number of halogens is 1. The fourth-order valence-corrected chi connectivity index (χ4v) is 5.01. The maximum atomic E-state index is 12.7. The number of hydrogen-bond acceptors (Lipinski definition) is 5. The number of esters is 1. The van der Waals surface area contributed by atoms with Crippen LogP contribution in [-0.2, 0) is 19.1 Å².